The summed E-state index contributed by atoms with van der Waals surface area (Å²) in [7, 11) is 0. The second kappa shape index (κ2) is 5.17. The van der Waals surface area contributed by atoms with E-state index in [1.54, 1.807) is 11.3 Å². The highest BCUT2D eigenvalue weighted by Crippen LogP contribution is 2.28. The number of halogens is 1. The van der Waals surface area contributed by atoms with Crippen LogP contribution >= 0.6 is 22.9 Å². The Bertz CT molecular complexity index is 313. The zero-order valence-electron chi connectivity index (χ0n) is 9.08. The second-order valence-electron chi connectivity index (χ2n) is 4.05. The van der Waals surface area contributed by atoms with Crippen molar-refractivity contribution < 1.29 is 0 Å². The quantitative estimate of drug-likeness (QED) is 0.757. The van der Waals surface area contributed by atoms with E-state index in [1.807, 2.05) is 0 Å². The molecule has 0 N–H and O–H groups in total. The topological polar surface area (TPSA) is 16.1 Å². The zero-order valence-corrected chi connectivity index (χ0v) is 10.7. The first-order valence-electron chi connectivity index (χ1n) is 5.58. The Balaban J connectivity index is 1.95. The predicted molar refractivity (Wildman–Crippen MR) is 67.1 cm³/mol. The molecule has 4 heteroatoms. The summed E-state index contributed by atoms with van der Waals surface area (Å²) in [6.45, 7) is 4.45. The largest absolute Gasteiger partial charge is 0.348 e. The van der Waals surface area contributed by atoms with Crippen LogP contribution in [-0.2, 0) is 6.42 Å². The average Bonchev–Trinajstić information content (AvgIpc) is 2.85. The van der Waals surface area contributed by atoms with Crippen LogP contribution in [0.2, 0.25) is 0 Å². The van der Waals surface area contributed by atoms with Crippen molar-refractivity contribution in [1.29, 1.82) is 0 Å². The van der Waals surface area contributed by atoms with E-state index in [1.165, 1.54) is 17.2 Å². The highest BCUT2D eigenvalue weighted by atomic mass is 35.5. The maximum Gasteiger partial charge on any atom is 0.185 e. The van der Waals surface area contributed by atoms with Crippen molar-refractivity contribution in [2.24, 2.45) is 5.92 Å². The van der Waals surface area contributed by atoms with E-state index >= 15 is 0 Å². The van der Waals surface area contributed by atoms with E-state index in [-0.39, 0.29) is 0 Å². The van der Waals surface area contributed by atoms with E-state index in [9.17, 15) is 0 Å². The summed E-state index contributed by atoms with van der Waals surface area (Å²) < 4.78 is 0. The molecule has 2 nitrogen and oxygen atoms in total. The Kier molecular flexibility index (Phi) is 3.87. The van der Waals surface area contributed by atoms with Gasteiger partial charge in [0, 0.05) is 24.3 Å². The van der Waals surface area contributed by atoms with Crippen molar-refractivity contribution >= 4 is 28.1 Å². The van der Waals surface area contributed by atoms with E-state index in [0.717, 1.165) is 37.7 Å². The van der Waals surface area contributed by atoms with Crippen LogP contribution in [0.4, 0.5) is 5.13 Å². The lowest BCUT2D eigenvalue weighted by atomic mass is 10.1. The van der Waals surface area contributed by atoms with Gasteiger partial charge in [0.1, 0.15) is 0 Å². The summed E-state index contributed by atoms with van der Waals surface area (Å²) in [5, 5.41) is 3.37. The molecule has 1 saturated heterocycles. The molecule has 84 valence electrons. The van der Waals surface area contributed by atoms with Gasteiger partial charge in [0.05, 0.1) is 5.69 Å². The first kappa shape index (κ1) is 11.2. The highest BCUT2D eigenvalue weighted by molar-refractivity contribution is 7.13. The third-order valence-corrected chi connectivity index (χ3v) is 4.14. The molecule has 0 radical (unpaired) electrons. The molecule has 2 heterocycles. The lowest BCUT2D eigenvalue weighted by Crippen LogP contribution is -2.19. The highest BCUT2D eigenvalue weighted by Gasteiger charge is 2.23. The molecule has 1 atom stereocenters. The van der Waals surface area contributed by atoms with Crippen LogP contribution in [0.15, 0.2) is 5.38 Å². The molecule has 1 fully saturated rings. The molecule has 15 heavy (non-hydrogen) atoms. The Morgan fingerprint density at radius 3 is 3.20 bits per heavy atom. The van der Waals surface area contributed by atoms with Crippen molar-refractivity contribution in [1.82, 2.24) is 4.98 Å². The summed E-state index contributed by atoms with van der Waals surface area (Å²) in [6.07, 6.45) is 3.45. The van der Waals surface area contributed by atoms with E-state index in [4.69, 9.17) is 11.6 Å². The number of hydrogen-bond donors (Lipinski definition) is 0. The first-order chi connectivity index (χ1) is 7.33. The van der Waals surface area contributed by atoms with Gasteiger partial charge in [-0.3, -0.25) is 0 Å². The zero-order chi connectivity index (χ0) is 10.7. The molecule has 1 aliphatic rings. The molecule has 1 unspecified atom stereocenters. The summed E-state index contributed by atoms with van der Waals surface area (Å²) in [5.74, 6) is 1.56. The monoisotopic (exact) mass is 244 g/mol. The molecule has 0 amide bonds. The van der Waals surface area contributed by atoms with Gasteiger partial charge < -0.3 is 4.90 Å². The van der Waals surface area contributed by atoms with Gasteiger partial charge in [0.25, 0.3) is 0 Å². The minimum absolute atomic E-state index is 0.775. The number of aromatic nitrogens is 1. The van der Waals surface area contributed by atoms with Gasteiger partial charge in [-0.05, 0) is 25.2 Å². The first-order valence-corrected chi connectivity index (χ1v) is 7.00. The molecule has 1 aliphatic heterocycles. The number of anilines is 1. The third kappa shape index (κ3) is 2.64. The van der Waals surface area contributed by atoms with E-state index < -0.39 is 0 Å². The maximum absolute atomic E-state index is 5.77. The van der Waals surface area contributed by atoms with Gasteiger partial charge in [-0.25, -0.2) is 4.98 Å². The summed E-state index contributed by atoms with van der Waals surface area (Å²) in [5.41, 5.74) is 1.22. The molecular formula is C11H17ClN2S. The average molecular weight is 245 g/mol. The second-order valence-corrected chi connectivity index (χ2v) is 5.27. The standard InChI is InChI=1S/C11H17ClN2S/c1-2-10-8-15-11(13-10)14-6-4-9(7-14)3-5-12/h8-9H,2-7H2,1H3. The Hall–Kier alpha value is -0.280. The van der Waals surface area contributed by atoms with Crippen molar-refractivity contribution in [2.75, 3.05) is 23.9 Å². The molecule has 0 aromatic carbocycles. The van der Waals surface area contributed by atoms with Gasteiger partial charge in [-0.1, -0.05) is 6.92 Å². The fraction of sp³-hybridized carbons (Fsp3) is 0.727. The Morgan fingerprint density at radius 2 is 2.53 bits per heavy atom. The number of alkyl halides is 1. The van der Waals surface area contributed by atoms with Crippen molar-refractivity contribution in [3.8, 4) is 0 Å². The Morgan fingerprint density at radius 1 is 1.67 bits per heavy atom. The molecule has 2 rings (SSSR count). The van der Waals surface area contributed by atoms with Crippen molar-refractivity contribution in [3.63, 3.8) is 0 Å². The summed E-state index contributed by atoms with van der Waals surface area (Å²) in [4.78, 5) is 7.02. The summed E-state index contributed by atoms with van der Waals surface area (Å²) >= 11 is 7.54. The third-order valence-electron chi connectivity index (χ3n) is 2.98. The van der Waals surface area contributed by atoms with Crippen molar-refractivity contribution in [3.05, 3.63) is 11.1 Å². The fourth-order valence-corrected chi connectivity index (χ4v) is 3.25. The minimum atomic E-state index is 0.775. The maximum atomic E-state index is 5.77. The molecule has 0 aliphatic carbocycles. The number of hydrogen-bond acceptors (Lipinski definition) is 3. The number of nitrogens with zero attached hydrogens (tertiary/aromatic N) is 2. The molecule has 0 saturated carbocycles. The van der Waals surface area contributed by atoms with Crippen LogP contribution in [0.5, 0.6) is 0 Å². The molecular weight excluding hydrogens is 228 g/mol. The fourth-order valence-electron chi connectivity index (χ4n) is 2.00. The molecule has 0 spiro atoms. The van der Waals surface area contributed by atoms with Crippen LogP contribution < -0.4 is 4.90 Å². The van der Waals surface area contributed by atoms with Crippen LogP contribution in [0.25, 0.3) is 0 Å². The normalized spacial score (nSPS) is 21.2. The van der Waals surface area contributed by atoms with Crippen molar-refractivity contribution in [2.45, 2.75) is 26.2 Å². The van der Waals surface area contributed by atoms with Crippen LogP contribution in [0.3, 0.4) is 0 Å². The number of aryl methyl sites for hydroxylation is 1. The van der Waals surface area contributed by atoms with Gasteiger partial charge in [0.15, 0.2) is 5.13 Å². The van der Waals surface area contributed by atoms with E-state index in [2.05, 4.69) is 22.2 Å². The number of rotatable bonds is 4. The smallest absolute Gasteiger partial charge is 0.185 e. The Labute approximate surface area is 100 Å². The lowest BCUT2D eigenvalue weighted by Gasteiger charge is -2.14. The van der Waals surface area contributed by atoms with Crippen LogP contribution in [0, 0.1) is 5.92 Å². The molecule has 1 aromatic rings. The van der Waals surface area contributed by atoms with Crippen LogP contribution in [-0.4, -0.2) is 24.0 Å². The lowest BCUT2D eigenvalue weighted by molar-refractivity contribution is 0.572. The predicted octanol–water partition coefficient (Wildman–Crippen LogP) is 3.16. The molecule has 1 aromatic heterocycles. The SMILES string of the molecule is CCc1csc(N2CCC(CCCl)C2)n1. The molecule has 0 bridgehead atoms. The van der Waals surface area contributed by atoms with Gasteiger partial charge in [-0.2, -0.15) is 0 Å². The van der Waals surface area contributed by atoms with Crippen LogP contribution in [0.1, 0.15) is 25.5 Å². The number of thiazole rings is 1. The van der Waals surface area contributed by atoms with Gasteiger partial charge in [-0.15, -0.1) is 22.9 Å². The van der Waals surface area contributed by atoms with Gasteiger partial charge in [0.2, 0.25) is 0 Å². The van der Waals surface area contributed by atoms with E-state index in [0.29, 0.717) is 0 Å². The summed E-state index contributed by atoms with van der Waals surface area (Å²) in [6, 6.07) is 0. The minimum Gasteiger partial charge on any atom is -0.348 e. The van der Waals surface area contributed by atoms with Gasteiger partial charge >= 0.3 is 0 Å².